The van der Waals surface area contributed by atoms with Crippen molar-refractivity contribution in [3.8, 4) is 11.5 Å². The van der Waals surface area contributed by atoms with Crippen molar-refractivity contribution in [2.75, 3.05) is 19.0 Å². The number of aliphatic imine (C=N–C) groups is 1. The highest BCUT2D eigenvalue weighted by Gasteiger charge is 2.28. The maximum Gasteiger partial charge on any atom is 0.422 e. The topological polar surface area (TPSA) is 68.9 Å². The Bertz CT molecular complexity index is 765. The largest absolute Gasteiger partial charge is 0.495 e. The summed E-state index contributed by atoms with van der Waals surface area (Å²) >= 11 is 6.03. The van der Waals surface area contributed by atoms with Gasteiger partial charge in [0, 0.05) is 5.69 Å². The molecule has 0 aromatic heterocycles. The van der Waals surface area contributed by atoms with Crippen LogP contribution in [-0.2, 0) is 6.54 Å². The monoisotopic (exact) mass is 387 g/mol. The summed E-state index contributed by atoms with van der Waals surface area (Å²) in [4.78, 5) is 4.17. The summed E-state index contributed by atoms with van der Waals surface area (Å²) in [6.07, 6.45) is -4.37. The van der Waals surface area contributed by atoms with Crippen molar-refractivity contribution in [1.82, 2.24) is 0 Å². The van der Waals surface area contributed by atoms with E-state index in [4.69, 9.17) is 22.1 Å². The van der Waals surface area contributed by atoms with Crippen LogP contribution in [0.25, 0.3) is 0 Å². The average molecular weight is 388 g/mol. The summed E-state index contributed by atoms with van der Waals surface area (Å²) in [5.74, 6) is 0.846. The van der Waals surface area contributed by atoms with Gasteiger partial charge in [-0.15, -0.1) is 0 Å². The van der Waals surface area contributed by atoms with Gasteiger partial charge in [-0.3, -0.25) is 0 Å². The maximum absolute atomic E-state index is 12.1. The molecule has 0 saturated heterocycles. The molecule has 0 fully saturated rings. The van der Waals surface area contributed by atoms with Crippen molar-refractivity contribution in [1.29, 1.82) is 0 Å². The molecule has 5 nitrogen and oxygen atoms in total. The van der Waals surface area contributed by atoms with Crippen LogP contribution in [-0.4, -0.2) is 25.9 Å². The molecule has 0 saturated carbocycles. The lowest BCUT2D eigenvalue weighted by molar-refractivity contribution is -0.153. The van der Waals surface area contributed by atoms with Gasteiger partial charge in [0.25, 0.3) is 0 Å². The van der Waals surface area contributed by atoms with Gasteiger partial charge in [-0.05, 0) is 35.9 Å². The molecule has 0 spiro atoms. The Morgan fingerprint density at radius 1 is 1.19 bits per heavy atom. The van der Waals surface area contributed by atoms with Crippen molar-refractivity contribution < 1.29 is 22.6 Å². The van der Waals surface area contributed by atoms with E-state index in [0.29, 0.717) is 16.5 Å². The third-order valence-corrected chi connectivity index (χ3v) is 3.48. The van der Waals surface area contributed by atoms with Gasteiger partial charge in [0.05, 0.1) is 18.7 Å². The Morgan fingerprint density at radius 3 is 2.46 bits per heavy atom. The van der Waals surface area contributed by atoms with E-state index in [9.17, 15) is 13.2 Å². The van der Waals surface area contributed by atoms with E-state index in [1.54, 1.807) is 30.3 Å². The molecule has 26 heavy (non-hydrogen) atoms. The summed E-state index contributed by atoms with van der Waals surface area (Å²) in [6, 6.07) is 11.2. The molecule has 0 atom stereocenters. The molecule has 0 aliphatic carbocycles. The summed E-state index contributed by atoms with van der Waals surface area (Å²) in [7, 11) is 1.52. The molecule has 3 N–H and O–H groups in total. The molecule has 2 rings (SSSR count). The lowest BCUT2D eigenvalue weighted by atomic mass is 10.2. The number of benzene rings is 2. The lowest BCUT2D eigenvalue weighted by Gasteiger charge is -2.10. The number of hydrogen-bond acceptors (Lipinski definition) is 3. The van der Waals surface area contributed by atoms with E-state index < -0.39 is 12.8 Å². The number of anilines is 1. The van der Waals surface area contributed by atoms with Crippen LogP contribution in [0.3, 0.4) is 0 Å². The van der Waals surface area contributed by atoms with E-state index in [0.717, 1.165) is 5.56 Å². The Morgan fingerprint density at radius 2 is 1.88 bits per heavy atom. The third kappa shape index (κ3) is 6.36. The maximum atomic E-state index is 12.1. The number of nitrogens with two attached hydrogens (primary N) is 1. The quantitative estimate of drug-likeness (QED) is 0.575. The first-order chi connectivity index (χ1) is 12.3. The molecule has 0 amide bonds. The highest BCUT2D eigenvalue weighted by Crippen LogP contribution is 2.27. The van der Waals surface area contributed by atoms with Gasteiger partial charge in [-0.2, -0.15) is 13.2 Å². The minimum Gasteiger partial charge on any atom is -0.495 e. The molecule has 0 unspecified atom stereocenters. The highest BCUT2D eigenvalue weighted by atomic mass is 35.5. The number of methoxy groups -OCH3 is 1. The number of nitrogens with zero attached hydrogens (tertiary/aromatic N) is 1. The van der Waals surface area contributed by atoms with Crippen molar-refractivity contribution in [2.24, 2.45) is 10.7 Å². The smallest absolute Gasteiger partial charge is 0.422 e. The fraction of sp³-hybridized carbons (Fsp3) is 0.235. The second kappa shape index (κ2) is 8.66. The van der Waals surface area contributed by atoms with Crippen LogP contribution < -0.4 is 20.5 Å². The number of halogens is 4. The van der Waals surface area contributed by atoms with Crippen LogP contribution in [0.1, 0.15) is 5.56 Å². The second-order valence-corrected chi connectivity index (χ2v) is 5.63. The molecule has 0 heterocycles. The summed E-state index contributed by atoms with van der Waals surface area (Å²) in [5.41, 5.74) is 7.23. The van der Waals surface area contributed by atoms with Crippen molar-refractivity contribution in [2.45, 2.75) is 12.7 Å². The van der Waals surface area contributed by atoms with Gasteiger partial charge in [0.15, 0.2) is 12.6 Å². The van der Waals surface area contributed by atoms with Crippen LogP contribution in [0.4, 0.5) is 18.9 Å². The Hall–Kier alpha value is -2.61. The molecular weight excluding hydrogens is 371 g/mol. The normalized spacial score (nSPS) is 12.0. The van der Waals surface area contributed by atoms with E-state index in [1.165, 1.54) is 19.2 Å². The lowest BCUT2D eigenvalue weighted by Crippen LogP contribution is -2.22. The first-order valence-electron chi connectivity index (χ1n) is 7.46. The first-order valence-corrected chi connectivity index (χ1v) is 7.83. The van der Waals surface area contributed by atoms with Crippen LogP contribution in [0.2, 0.25) is 5.02 Å². The van der Waals surface area contributed by atoms with Crippen LogP contribution in [0.5, 0.6) is 11.5 Å². The Labute approximate surface area is 153 Å². The standard InChI is InChI=1S/C17H17ClF3N3O2/c1-25-15-7-4-12(8-14(15)18)24-16(22)23-9-11-2-5-13(6-3-11)26-10-17(19,20)21/h2-8H,9-10H2,1H3,(H3,22,23,24). The second-order valence-electron chi connectivity index (χ2n) is 5.22. The zero-order chi connectivity index (χ0) is 19.2. The van der Waals surface area contributed by atoms with E-state index in [1.807, 2.05) is 0 Å². The average Bonchev–Trinajstić information content (AvgIpc) is 2.58. The van der Waals surface area contributed by atoms with Gasteiger partial charge < -0.3 is 20.5 Å². The van der Waals surface area contributed by atoms with Crippen LogP contribution in [0, 0.1) is 0 Å². The number of rotatable bonds is 6. The summed E-state index contributed by atoms with van der Waals surface area (Å²) in [6.45, 7) is -1.08. The Kier molecular flexibility index (Phi) is 6.57. The van der Waals surface area contributed by atoms with E-state index >= 15 is 0 Å². The van der Waals surface area contributed by atoms with Gasteiger partial charge in [0.1, 0.15) is 11.5 Å². The number of nitrogens with one attached hydrogen (secondary N) is 1. The number of ether oxygens (including phenoxy) is 2. The molecule has 140 valence electrons. The van der Waals surface area contributed by atoms with Gasteiger partial charge in [-0.25, -0.2) is 4.99 Å². The fourth-order valence-corrected chi connectivity index (χ4v) is 2.22. The van der Waals surface area contributed by atoms with Crippen molar-refractivity contribution in [3.63, 3.8) is 0 Å². The summed E-state index contributed by atoms with van der Waals surface area (Å²) < 4.78 is 46.0. The molecule has 2 aromatic carbocycles. The molecule has 0 aliphatic rings. The first kappa shape index (κ1) is 19.7. The minimum absolute atomic E-state index is 0.133. The van der Waals surface area contributed by atoms with E-state index in [2.05, 4.69) is 15.0 Å². The zero-order valence-electron chi connectivity index (χ0n) is 13.8. The molecule has 9 heteroatoms. The molecule has 0 aliphatic heterocycles. The number of guanidine groups is 1. The zero-order valence-corrected chi connectivity index (χ0v) is 14.6. The number of hydrogen-bond donors (Lipinski definition) is 2. The van der Waals surface area contributed by atoms with E-state index in [-0.39, 0.29) is 18.3 Å². The third-order valence-electron chi connectivity index (χ3n) is 3.18. The molecule has 2 aromatic rings. The predicted molar refractivity (Wildman–Crippen MR) is 94.9 cm³/mol. The van der Waals surface area contributed by atoms with Crippen molar-refractivity contribution >= 4 is 23.2 Å². The molecule has 0 radical (unpaired) electrons. The van der Waals surface area contributed by atoms with Gasteiger partial charge in [-0.1, -0.05) is 23.7 Å². The van der Waals surface area contributed by atoms with Crippen LogP contribution >= 0.6 is 11.6 Å². The highest BCUT2D eigenvalue weighted by molar-refractivity contribution is 6.32. The minimum atomic E-state index is -4.37. The predicted octanol–water partition coefficient (Wildman–Crippen LogP) is 4.22. The SMILES string of the molecule is COc1ccc(NC(N)=NCc2ccc(OCC(F)(F)F)cc2)cc1Cl. The summed E-state index contributed by atoms with van der Waals surface area (Å²) in [5, 5.41) is 3.32. The molecule has 0 bridgehead atoms. The number of alkyl halides is 3. The van der Waals surface area contributed by atoms with Crippen LogP contribution in [0.15, 0.2) is 47.5 Å². The van der Waals surface area contributed by atoms with Crippen molar-refractivity contribution in [3.05, 3.63) is 53.1 Å². The van der Waals surface area contributed by atoms with Gasteiger partial charge in [0.2, 0.25) is 0 Å². The fourth-order valence-electron chi connectivity index (χ4n) is 1.96. The van der Waals surface area contributed by atoms with Gasteiger partial charge >= 0.3 is 6.18 Å². The Balaban J connectivity index is 1.91. The molecular formula is C17H17ClF3N3O2.